The Morgan fingerprint density at radius 1 is 1.19 bits per heavy atom. The van der Waals surface area contributed by atoms with E-state index in [-0.39, 0.29) is 10.6 Å². The van der Waals surface area contributed by atoms with E-state index in [1.165, 1.54) is 6.07 Å². The van der Waals surface area contributed by atoms with Crippen LogP contribution in [0.25, 0.3) is 0 Å². The Labute approximate surface area is 131 Å². The van der Waals surface area contributed by atoms with Crippen LogP contribution in [0.4, 0.5) is 22.7 Å². The van der Waals surface area contributed by atoms with E-state index in [4.69, 9.17) is 0 Å². The molecule has 2 aromatic carbocycles. The van der Waals surface area contributed by atoms with Crippen molar-refractivity contribution in [3.63, 3.8) is 0 Å². The SMILES string of the molecule is Cc1cc(Nc2ccc(N(C)C)cc2)c([N+](=O)[O-])cc1Br. The van der Waals surface area contributed by atoms with Crippen molar-refractivity contribution in [1.29, 1.82) is 0 Å². The number of anilines is 3. The van der Waals surface area contributed by atoms with E-state index in [9.17, 15) is 10.1 Å². The monoisotopic (exact) mass is 349 g/mol. The fourth-order valence-electron chi connectivity index (χ4n) is 1.92. The molecule has 0 saturated carbocycles. The van der Waals surface area contributed by atoms with E-state index in [0.717, 1.165) is 21.4 Å². The second-order valence-electron chi connectivity index (χ2n) is 4.94. The molecule has 0 aliphatic rings. The predicted molar refractivity (Wildman–Crippen MR) is 89.6 cm³/mol. The van der Waals surface area contributed by atoms with Crippen LogP contribution < -0.4 is 10.2 Å². The van der Waals surface area contributed by atoms with Gasteiger partial charge in [-0.1, -0.05) is 15.9 Å². The highest BCUT2D eigenvalue weighted by Crippen LogP contribution is 2.33. The number of nitro groups is 1. The summed E-state index contributed by atoms with van der Waals surface area (Å²) in [6.45, 7) is 1.90. The fourth-order valence-corrected chi connectivity index (χ4v) is 2.25. The molecule has 0 aliphatic carbocycles. The van der Waals surface area contributed by atoms with Crippen molar-refractivity contribution in [2.45, 2.75) is 6.92 Å². The molecule has 21 heavy (non-hydrogen) atoms. The van der Waals surface area contributed by atoms with E-state index < -0.39 is 0 Å². The van der Waals surface area contributed by atoms with Crippen LogP contribution in [-0.4, -0.2) is 19.0 Å². The predicted octanol–water partition coefficient (Wildman–Crippen LogP) is 4.48. The van der Waals surface area contributed by atoms with Crippen LogP contribution in [0.5, 0.6) is 0 Å². The van der Waals surface area contributed by atoms with Gasteiger partial charge in [0.05, 0.1) is 4.92 Å². The highest BCUT2D eigenvalue weighted by atomic mass is 79.9. The quantitative estimate of drug-likeness (QED) is 0.653. The molecule has 0 heterocycles. The lowest BCUT2D eigenvalue weighted by Crippen LogP contribution is -2.08. The second kappa shape index (κ2) is 6.13. The van der Waals surface area contributed by atoms with Crippen molar-refractivity contribution in [1.82, 2.24) is 0 Å². The van der Waals surface area contributed by atoms with Crippen molar-refractivity contribution in [2.24, 2.45) is 0 Å². The summed E-state index contributed by atoms with van der Waals surface area (Å²) in [5.74, 6) is 0. The van der Waals surface area contributed by atoms with Crippen molar-refractivity contribution < 1.29 is 4.92 Å². The minimum Gasteiger partial charge on any atom is -0.378 e. The van der Waals surface area contributed by atoms with E-state index >= 15 is 0 Å². The first-order valence-corrected chi connectivity index (χ1v) is 7.16. The summed E-state index contributed by atoms with van der Waals surface area (Å²) in [6.07, 6.45) is 0. The third-order valence-corrected chi connectivity index (χ3v) is 3.99. The van der Waals surface area contributed by atoms with Crippen molar-refractivity contribution in [3.05, 3.63) is 56.5 Å². The zero-order valence-corrected chi connectivity index (χ0v) is 13.6. The van der Waals surface area contributed by atoms with Crippen molar-refractivity contribution in [3.8, 4) is 0 Å². The molecule has 0 atom stereocenters. The van der Waals surface area contributed by atoms with Crippen LogP contribution in [0.2, 0.25) is 0 Å². The number of halogens is 1. The summed E-state index contributed by atoms with van der Waals surface area (Å²) in [5, 5.41) is 14.3. The standard InChI is InChI=1S/C15H16BrN3O2/c1-10-8-14(15(19(20)21)9-13(10)16)17-11-4-6-12(7-5-11)18(2)3/h4-9,17H,1-3H3. The number of aryl methyl sites for hydroxylation is 1. The minimum atomic E-state index is -0.388. The van der Waals surface area contributed by atoms with Crippen LogP contribution >= 0.6 is 15.9 Å². The molecule has 0 spiro atoms. The maximum atomic E-state index is 11.2. The molecule has 110 valence electrons. The van der Waals surface area contributed by atoms with E-state index in [0.29, 0.717) is 5.69 Å². The first kappa shape index (κ1) is 15.3. The average molecular weight is 350 g/mol. The first-order valence-electron chi connectivity index (χ1n) is 6.37. The number of hydrogen-bond acceptors (Lipinski definition) is 4. The minimum absolute atomic E-state index is 0.0455. The molecule has 0 radical (unpaired) electrons. The number of nitro benzene ring substituents is 1. The zero-order valence-electron chi connectivity index (χ0n) is 12.1. The Balaban J connectivity index is 2.34. The summed E-state index contributed by atoms with van der Waals surface area (Å²) in [7, 11) is 3.93. The normalized spacial score (nSPS) is 10.3. The molecule has 1 N–H and O–H groups in total. The summed E-state index contributed by atoms with van der Waals surface area (Å²) >= 11 is 3.32. The third-order valence-electron chi connectivity index (χ3n) is 3.14. The van der Waals surface area contributed by atoms with E-state index in [1.54, 1.807) is 6.07 Å². The molecular formula is C15H16BrN3O2. The summed E-state index contributed by atoms with van der Waals surface area (Å²) in [4.78, 5) is 12.8. The Hall–Kier alpha value is -2.08. The van der Waals surface area contributed by atoms with Crippen molar-refractivity contribution in [2.75, 3.05) is 24.3 Å². The molecule has 0 amide bonds. The van der Waals surface area contributed by atoms with Gasteiger partial charge in [0.1, 0.15) is 5.69 Å². The largest absolute Gasteiger partial charge is 0.378 e. The Morgan fingerprint density at radius 3 is 2.33 bits per heavy atom. The van der Waals surface area contributed by atoms with Crippen LogP contribution in [0, 0.1) is 17.0 Å². The highest BCUT2D eigenvalue weighted by molar-refractivity contribution is 9.10. The molecule has 0 aromatic heterocycles. The first-order chi connectivity index (χ1) is 9.88. The number of nitrogens with zero attached hydrogens (tertiary/aromatic N) is 2. The van der Waals surface area contributed by atoms with Crippen LogP contribution in [0.3, 0.4) is 0 Å². The fraction of sp³-hybridized carbons (Fsp3) is 0.200. The summed E-state index contributed by atoms with van der Waals surface area (Å²) in [6, 6.07) is 11.0. The smallest absolute Gasteiger partial charge is 0.293 e. The highest BCUT2D eigenvalue weighted by Gasteiger charge is 2.16. The Bertz CT molecular complexity index is 669. The molecule has 0 fully saturated rings. The number of benzene rings is 2. The third kappa shape index (κ3) is 3.52. The molecule has 0 aliphatic heterocycles. The van der Waals surface area contributed by atoms with Gasteiger partial charge in [0.2, 0.25) is 0 Å². The molecule has 5 nitrogen and oxygen atoms in total. The lowest BCUT2D eigenvalue weighted by molar-refractivity contribution is -0.384. The topological polar surface area (TPSA) is 58.4 Å². The van der Waals surface area contributed by atoms with Gasteiger partial charge in [-0.2, -0.15) is 0 Å². The molecule has 0 saturated heterocycles. The lowest BCUT2D eigenvalue weighted by atomic mass is 10.2. The molecule has 0 unspecified atom stereocenters. The van der Waals surface area contributed by atoms with Crippen LogP contribution in [0.1, 0.15) is 5.56 Å². The summed E-state index contributed by atoms with van der Waals surface area (Å²) in [5.41, 5.74) is 3.35. The molecule has 0 bridgehead atoms. The second-order valence-corrected chi connectivity index (χ2v) is 5.80. The van der Waals surface area contributed by atoms with Gasteiger partial charge >= 0.3 is 0 Å². The molecule has 2 rings (SSSR count). The van der Waals surface area contributed by atoms with E-state index in [1.807, 2.05) is 50.2 Å². The van der Waals surface area contributed by atoms with Crippen molar-refractivity contribution >= 4 is 38.7 Å². The number of hydrogen-bond donors (Lipinski definition) is 1. The Morgan fingerprint density at radius 2 is 1.81 bits per heavy atom. The number of nitrogens with one attached hydrogen (secondary N) is 1. The number of rotatable bonds is 4. The summed E-state index contributed by atoms with van der Waals surface area (Å²) < 4.78 is 0.725. The maximum absolute atomic E-state index is 11.2. The van der Waals surface area contributed by atoms with Gasteiger partial charge in [0, 0.05) is 36.0 Å². The van der Waals surface area contributed by atoms with Gasteiger partial charge < -0.3 is 10.2 Å². The Kier molecular flexibility index (Phi) is 4.47. The van der Waals surface area contributed by atoms with Gasteiger partial charge in [-0.15, -0.1) is 0 Å². The van der Waals surface area contributed by atoms with Gasteiger partial charge in [-0.3, -0.25) is 10.1 Å². The molecular weight excluding hydrogens is 334 g/mol. The van der Waals surface area contributed by atoms with Crippen LogP contribution in [-0.2, 0) is 0 Å². The van der Waals surface area contributed by atoms with Gasteiger partial charge in [0.25, 0.3) is 5.69 Å². The van der Waals surface area contributed by atoms with Gasteiger partial charge in [0.15, 0.2) is 0 Å². The molecule has 6 heteroatoms. The maximum Gasteiger partial charge on any atom is 0.293 e. The zero-order chi connectivity index (χ0) is 15.6. The van der Waals surface area contributed by atoms with Crippen LogP contribution in [0.15, 0.2) is 40.9 Å². The van der Waals surface area contributed by atoms with Gasteiger partial charge in [-0.05, 0) is 42.8 Å². The molecule has 2 aromatic rings. The lowest BCUT2D eigenvalue weighted by Gasteiger charge is -2.14. The average Bonchev–Trinajstić information content (AvgIpc) is 2.43. The van der Waals surface area contributed by atoms with Gasteiger partial charge in [-0.25, -0.2) is 0 Å². The van der Waals surface area contributed by atoms with E-state index in [2.05, 4.69) is 21.2 Å².